The second-order valence-corrected chi connectivity index (χ2v) is 4.70. The van der Waals surface area contributed by atoms with Crippen LogP contribution in [0.15, 0.2) is 10.9 Å². The van der Waals surface area contributed by atoms with Gasteiger partial charge in [-0.15, -0.1) is 18.2 Å². The highest BCUT2D eigenvalue weighted by molar-refractivity contribution is 7.99. The molecule has 2 N–H and O–H groups in total. The zero-order valence-corrected chi connectivity index (χ0v) is 10.8. The Balaban J connectivity index is 2.06. The van der Waals surface area contributed by atoms with Gasteiger partial charge in [0, 0.05) is 18.4 Å². The average molecular weight is 263 g/mol. The Morgan fingerprint density at radius 2 is 2.50 bits per heavy atom. The molecule has 2 rings (SSSR count). The highest BCUT2D eigenvalue weighted by Crippen LogP contribution is 2.08. The van der Waals surface area contributed by atoms with Crippen LogP contribution < -0.4 is 11.0 Å². The lowest BCUT2D eigenvalue weighted by molar-refractivity contribution is 0.934. The smallest absolute Gasteiger partial charge is 0.349 e. The molecule has 0 aliphatic rings. The van der Waals surface area contributed by atoms with Crippen LogP contribution in [0, 0.1) is 19.3 Å². The van der Waals surface area contributed by atoms with Gasteiger partial charge in [0.2, 0.25) is 0 Å². The van der Waals surface area contributed by atoms with Crippen LogP contribution in [0.25, 0.3) is 5.65 Å². The summed E-state index contributed by atoms with van der Waals surface area (Å²) in [4.78, 5) is 15.7. The Kier molecular flexibility index (Phi) is 3.89. The molecule has 2 heterocycles. The lowest BCUT2D eigenvalue weighted by Crippen LogP contribution is -2.14. The van der Waals surface area contributed by atoms with Crippen LogP contribution in [-0.2, 0) is 0 Å². The molecule has 2 aromatic rings. The van der Waals surface area contributed by atoms with Gasteiger partial charge in [-0.05, 0) is 6.92 Å². The molecule has 94 valence electrons. The van der Waals surface area contributed by atoms with E-state index in [2.05, 4.69) is 26.4 Å². The fourth-order valence-electron chi connectivity index (χ4n) is 1.57. The highest BCUT2D eigenvalue weighted by Gasteiger charge is 2.06. The number of rotatable bonds is 5. The molecule has 0 spiro atoms. The van der Waals surface area contributed by atoms with Crippen LogP contribution in [0.1, 0.15) is 5.82 Å². The SMILES string of the molecule is C#CCSCCNc1cc2n[nH]c(=O)n2c(C)n1. The number of aromatic amines is 1. The van der Waals surface area contributed by atoms with Gasteiger partial charge in [-0.2, -0.15) is 5.10 Å². The van der Waals surface area contributed by atoms with Crippen molar-refractivity contribution in [3.8, 4) is 12.3 Å². The maximum absolute atomic E-state index is 11.4. The van der Waals surface area contributed by atoms with Gasteiger partial charge in [-0.25, -0.2) is 19.3 Å². The van der Waals surface area contributed by atoms with Crippen LogP contribution in [0.2, 0.25) is 0 Å². The molecule has 7 heteroatoms. The van der Waals surface area contributed by atoms with Crippen molar-refractivity contribution >= 4 is 23.2 Å². The molecule has 2 aromatic heterocycles. The summed E-state index contributed by atoms with van der Waals surface area (Å²) in [5, 5.41) is 9.48. The first-order valence-corrected chi connectivity index (χ1v) is 6.57. The molecule has 0 aliphatic carbocycles. The first-order valence-electron chi connectivity index (χ1n) is 5.42. The number of H-pyrrole nitrogens is 1. The van der Waals surface area contributed by atoms with Crippen LogP contribution in [0.5, 0.6) is 0 Å². The monoisotopic (exact) mass is 263 g/mol. The van der Waals surface area contributed by atoms with Gasteiger partial charge < -0.3 is 5.32 Å². The predicted molar refractivity (Wildman–Crippen MR) is 73.0 cm³/mol. The Hall–Kier alpha value is -1.94. The van der Waals surface area contributed by atoms with Gasteiger partial charge in [-0.1, -0.05) is 5.92 Å². The highest BCUT2D eigenvalue weighted by atomic mass is 32.2. The minimum absolute atomic E-state index is 0.272. The standard InChI is InChI=1S/C11H13N5OS/c1-3-5-18-6-4-12-9-7-10-14-15-11(17)16(10)8(2)13-9/h1,7,12H,4-6H2,2H3,(H,15,17). The number of aromatic nitrogens is 4. The third-order valence-electron chi connectivity index (χ3n) is 2.31. The minimum Gasteiger partial charge on any atom is -0.369 e. The van der Waals surface area contributed by atoms with Gasteiger partial charge in [0.05, 0.1) is 5.75 Å². The fraction of sp³-hybridized carbons (Fsp3) is 0.364. The summed E-state index contributed by atoms with van der Waals surface area (Å²) < 4.78 is 1.43. The van der Waals surface area contributed by atoms with E-state index in [9.17, 15) is 4.79 Å². The maximum Gasteiger partial charge on any atom is 0.349 e. The summed E-state index contributed by atoms with van der Waals surface area (Å²) in [5.74, 6) is 5.50. The van der Waals surface area contributed by atoms with Gasteiger partial charge >= 0.3 is 5.69 Å². The molecule has 6 nitrogen and oxygen atoms in total. The molecule has 0 saturated heterocycles. The average Bonchev–Trinajstić information content (AvgIpc) is 2.71. The summed E-state index contributed by atoms with van der Waals surface area (Å²) in [5.41, 5.74) is 0.289. The normalized spacial score (nSPS) is 10.4. The molecule has 0 aromatic carbocycles. The number of terminal acetylenes is 1. The number of hydrogen-bond donors (Lipinski definition) is 2. The second-order valence-electron chi connectivity index (χ2n) is 3.59. The van der Waals surface area contributed by atoms with Crippen LogP contribution in [0.4, 0.5) is 5.82 Å². The van der Waals surface area contributed by atoms with Gasteiger partial charge in [-0.3, -0.25) is 0 Å². The number of nitrogens with zero attached hydrogens (tertiary/aromatic N) is 3. The van der Waals surface area contributed by atoms with E-state index in [1.165, 1.54) is 4.40 Å². The summed E-state index contributed by atoms with van der Waals surface area (Å²) >= 11 is 1.68. The van der Waals surface area contributed by atoms with Gasteiger partial charge in [0.25, 0.3) is 0 Å². The van der Waals surface area contributed by atoms with Gasteiger partial charge in [0.1, 0.15) is 11.6 Å². The Bertz CT molecular complexity index is 639. The van der Waals surface area contributed by atoms with Crippen LogP contribution in [0.3, 0.4) is 0 Å². The van der Waals surface area contributed by atoms with Crippen molar-refractivity contribution in [2.45, 2.75) is 6.92 Å². The molecule has 0 radical (unpaired) electrons. The zero-order chi connectivity index (χ0) is 13.0. The fourth-order valence-corrected chi connectivity index (χ4v) is 2.08. The van der Waals surface area contributed by atoms with Crippen molar-refractivity contribution in [3.05, 3.63) is 22.4 Å². The van der Waals surface area contributed by atoms with Crippen molar-refractivity contribution in [2.75, 3.05) is 23.4 Å². The number of aryl methyl sites for hydroxylation is 1. The molecular formula is C11H13N5OS. The summed E-state index contributed by atoms with van der Waals surface area (Å²) in [6.07, 6.45) is 5.16. The molecule has 0 amide bonds. The first kappa shape index (κ1) is 12.5. The van der Waals surface area contributed by atoms with E-state index in [0.717, 1.165) is 12.3 Å². The number of fused-ring (bicyclic) bond motifs is 1. The maximum atomic E-state index is 11.4. The quantitative estimate of drug-likeness (QED) is 0.607. The van der Waals surface area contributed by atoms with Crippen LogP contribution in [-0.4, -0.2) is 37.6 Å². The topological polar surface area (TPSA) is 75.1 Å². The van der Waals surface area contributed by atoms with E-state index in [1.807, 2.05) is 0 Å². The van der Waals surface area contributed by atoms with E-state index < -0.39 is 0 Å². The van der Waals surface area contributed by atoms with E-state index in [1.54, 1.807) is 24.8 Å². The first-order chi connectivity index (χ1) is 8.72. The molecule has 0 fully saturated rings. The Morgan fingerprint density at radius 1 is 1.67 bits per heavy atom. The lowest BCUT2D eigenvalue weighted by atomic mass is 10.5. The van der Waals surface area contributed by atoms with Crippen molar-refractivity contribution in [1.82, 2.24) is 19.6 Å². The molecule has 0 atom stereocenters. The molecule has 0 aliphatic heterocycles. The largest absolute Gasteiger partial charge is 0.369 e. The third-order valence-corrected chi connectivity index (χ3v) is 3.17. The molecule has 0 unspecified atom stereocenters. The summed E-state index contributed by atoms with van der Waals surface area (Å²) in [7, 11) is 0. The molecule has 0 bridgehead atoms. The molecular weight excluding hydrogens is 250 g/mol. The number of thioether (sulfide) groups is 1. The predicted octanol–water partition coefficient (Wildman–Crippen LogP) is 0.504. The Morgan fingerprint density at radius 3 is 3.28 bits per heavy atom. The summed E-state index contributed by atoms with van der Waals surface area (Å²) in [6, 6.07) is 1.73. The number of nitrogens with one attached hydrogen (secondary N) is 2. The zero-order valence-electron chi connectivity index (χ0n) is 9.93. The third kappa shape index (κ3) is 2.65. The molecule has 0 saturated carbocycles. The van der Waals surface area contributed by atoms with Crippen molar-refractivity contribution < 1.29 is 0 Å². The van der Waals surface area contributed by atoms with Crippen LogP contribution >= 0.6 is 11.8 Å². The second kappa shape index (κ2) is 5.60. The van der Waals surface area contributed by atoms with Crippen molar-refractivity contribution in [3.63, 3.8) is 0 Å². The van der Waals surface area contributed by atoms with E-state index in [4.69, 9.17) is 6.42 Å². The van der Waals surface area contributed by atoms with Crippen molar-refractivity contribution in [2.24, 2.45) is 0 Å². The van der Waals surface area contributed by atoms with E-state index in [0.29, 0.717) is 23.0 Å². The van der Waals surface area contributed by atoms with E-state index >= 15 is 0 Å². The van der Waals surface area contributed by atoms with Crippen molar-refractivity contribution in [1.29, 1.82) is 0 Å². The summed E-state index contributed by atoms with van der Waals surface area (Å²) in [6.45, 7) is 2.53. The minimum atomic E-state index is -0.272. The number of hydrogen-bond acceptors (Lipinski definition) is 5. The number of anilines is 1. The molecule has 18 heavy (non-hydrogen) atoms. The Labute approximate surface area is 108 Å². The lowest BCUT2D eigenvalue weighted by Gasteiger charge is -2.06. The van der Waals surface area contributed by atoms with Gasteiger partial charge in [0.15, 0.2) is 5.65 Å². The van der Waals surface area contributed by atoms with E-state index in [-0.39, 0.29) is 5.69 Å².